The topological polar surface area (TPSA) is 70.4 Å². The number of hydrogen-bond acceptors (Lipinski definition) is 5. The first-order valence-electron chi connectivity index (χ1n) is 9.32. The van der Waals surface area contributed by atoms with Gasteiger partial charge in [-0.15, -0.1) is 0 Å². The molecule has 0 N–H and O–H groups in total. The third kappa shape index (κ3) is 2.74. The SMILES string of the molecule is CN1CCN(c2cnn(C3CCN(c4ncnc5cc(F)ccc45)C3)c2)C1=O. The number of benzene rings is 1. The van der Waals surface area contributed by atoms with E-state index in [4.69, 9.17) is 0 Å². The molecule has 2 aromatic heterocycles. The molecule has 1 aromatic carbocycles. The van der Waals surface area contributed by atoms with Crippen LogP contribution in [-0.2, 0) is 0 Å². The fourth-order valence-corrected chi connectivity index (χ4v) is 3.97. The Balaban J connectivity index is 1.36. The quantitative estimate of drug-likeness (QED) is 0.696. The summed E-state index contributed by atoms with van der Waals surface area (Å²) in [4.78, 5) is 26.4. The van der Waals surface area contributed by atoms with Crippen LogP contribution in [0.5, 0.6) is 0 Å². The number of nitrogens with zero attached hydrogens (tertiary/aromatic N) is 7. The molecule has 0 bridgehead atoms. The first-order valence-corrected chi connectivity index (χ1v) is 9.32. The Morgan fingerprint density at radius 3 is 2.89 bits per heavy atom. The zero-order valence-electron chi connectivity index (χ0n) is 15.5. The van der Waals surface area contributed by atoms with Gasteiger partial charge in [-0.25, -0.2) is 19.2 Å². The van der Waals surface area contributed by atoms with E-state index in [9.17, 15) is 9.18 Å². The van der Waals surface area contributed by atoms with Gasteiger partial charge in [0.1, 0.15) is 18.0 Å². The molecule has 2 fully saturated rings. The van der Waals surface area contributed by atoms with E-state index in [1.807, 2.05) is 10.9 Å². The minimum atomic E-state index is -0.303. The second kappa shape index (κ2) is 6.43. The largest absolute Gasteiger partial charge is 0.354 e. The third-order valence-electron chi connectivity index (χ3n) is 5.53. The van der Waals surface area contributed by atoms with E-state index >= 15 is 0 Å². The van der Waals surface area contributed by atoms with Gasteiger partial charge >= 0.3 is 6.03 Å². The van der Waals surface area contributed by atoms with Crippen molar-refractivity contribution in [3.63, 3.8) is 0 Å². The summed E-state index contributed by atoms with van der Waals surface area (Å²) in [5.74, 6) is 0.513. The van der Waals surface area contributed by atoms with Crippen molar-refractivity contribution >= 4 is 28.4 Å². The molecule has 2 aliphatic rings. The summed E-state index contributed by atoms with van der Waals surface area (Å²) in [6, 6.07) is 4.79. The second-order valence-electron chi connectivity index (χ2n) is 7.28. The van der Waals surface area contributed by atoms with Crippen LogP contribution in [0.1, 0.15) is 12.5 Å². The van der Waals surface area contributed by atoms with Crippen molar-refractivity contribution in [1.82, 2.24) is 24.6 Å². The summed E-state index contributed by atoms with van der Waals surface area (Å²) in [6.45, 7) is 2.98. The van der Waals surface area contributed by atoms with Crippen molar-refractivity contribution in [2.24, 2.45) is 0 Å². The van der Waals surface area contributed by atoms with Crippen LogP contribution in [-0.4, -0.2) is 63.9 Å². The molecule has 0 aliphatic carbocycles. The van der Waals surface area contributed by atoms with Crippen molar-refractivity contribution in [2.75, 3.05) is 43.0 Å². The summed E-state index contributed by atoms with van der Waals surface area (Å²) in [7, 11) is 1.81. The third-order valence-corrected chi connectivity index (χ3v) is 5.53. The number of likely N-dealkylation sites (N-methyl/N-ethyl adjacent to an activating group) is 1. The zero-order chi connectivity index (χ0) is 19.3. The molecular formula is C19H20FN7O. The number of hydrogen-bond donors (Lipinski definition) is 0. The molecular weight excluding hydrogens is 361 g/mol. The molecule has 4 heterocycles. The van der Waals surface area contributed by atoms with Crippen LogP contribution in [0.3, 0.4) is 0 Å². The molecule has 8 nitrogen and oxygen atoms in total. The lowest BCUT2D eigenvalue weighted by molar-refractivity contribution is 0.229. The fraction of sp³-hybridized carbons (Fsp3) is 0.368. The number of halogens is 1. The smallest absolute Gasteiger partial charge is 0.324 e. The molecule has 144 valence electrons. The van der Waals surface area contributed by atoms with E-state index in [-0.39, 0.29) is 17.9 Å². The van der Waals surface area contributed by atoms with Crippen LogP contribution in [0.2, 0.25) is 0 Å². The van der Waals surface area contributed by atoms with Gasteiger partial charge in [0.15, 0.2) is 0 Å². The first kappa shape index (κ1) is 16.9. The Bertz CT molecular complexity index is 1050. The standard InChI is InChI=1S/C19H20FN7O/c1-24-6-7-26(19(24)28)15-9-23-27(11-15)14-4-5-25(10-14)18-16-3-2-13(20)8-17(16)21-12-22-18/h2-3,8-9,11-12,14H,4-7,10H2,1H3. The van der Waals surface area contributed by atoms with E-state index in [2.05, 4.69) is 20.0 Å². The molecule has 9 heteroatoms. The second-order valence-corrected chi connectivity index (χ2v) is 7.28. The van der Waals surface area contributed by atoms with Crippen LogP contribution in [0.25, 0.3) is 10.9 Å². The normalized spacial score (nSPS) is 20.0. The van der Waals surface area contributed by atoms with Crippen molar-refractivity contribution in [3.8, 4) is 0 Å². The summed E-state index contributed by atoms with van der Waals surface area (Å²) in [5, 5.41) is 5.34. The number of fused-ring (bicyclic) bond motifs is 1. The van der Waals surface area contributed by atoms with Crippen LogP contribution in [0, 0.1) is 5.82 Å². The van der Waals surface area contributed by atoms with Crippen molar-refractivity contribution < 1.29 is 9.18 Å². The Kier molecular flexibility index (Phi) is 3.88. The molecule has 0 saturated carbocycles. The molecule has 3 aromatic rings. The van der Waals surface area contributed by atoms with Gasteiger partial charge in [-0.1, -0.05) is 0 Å². The van der Waals surface area contributed by atoms with Gasteiger partial charge in [-0.05, 0) is 18.6 Å². The van der Waals surface area contributed by atoms with E-state index < -0.39 is 0 Å². The minimum absolute atomic E-state index is 0.00675. The zero-order valence-corrected chi connectivity index (χ0v) is 15.5. The molecule has 1 atom stereocenters. The summed E-state index contributed by atoms with van der Waals surface area (Å²) < 4.78 is 15.4. The molecule has 2 amide bonds. The molecule has 5 rings (SSSR count). The molecule has 2 saturated heterocycles. The monoisotopic (exact) mass is 381 g/mol. The van der Waals surface area contributed by atoms with Crippen molar-refractivity contribution in [1.29, 1.82) is 0 Å². The predicted molar refractivity (Wildman–Crippen MR) is 103 cm³/mol. The number of carbonyl (C=O) groups is 1. The van der Waals surface area contributed by atoms with E-state index in [0.717, 1.165) is 42.9 Å². The average molecular weight is 381 g/mol. The molecule has 2 aliphatic heterocycles. The number of carbonyl (C=O) groups excluding carboxylic acids is 1. The lowest BCUT2D eigenvalue weighted by Gasteiger charge is -2.19. The van der Waals surface area contributed by atoms with Gasteiger partial charge in [0.05, 0.1) is 23.4 Å². The van der Waals surface area contributed by atoms with Crippen LogP contribution in [0.4, 0.5) is 20.7 Å². The van der Waals surface area contributed by atoms with Crippen LogP contribution >= 0.6 is 0 Å². The van der Waals surface area contributed by atoms with Gasteiger partial charge in [0, 0.05) is 50.9 Å². The molecule has 1 unspecified atom stereocenters. The first-order chi connectivity index (χ1) is 13.6. The Hall–Kier alpha value is -3.23. The maximum absolute atomic E-state index is 13.5. The summed E-state index contributed by atoms with van der Waals surface area (Å²) >= 11 is 0. The van der Waals surface area contributed by atoms with Gasteiger partial charge in [-0.3, -0.25) is 9.58 Å². The van der Waals surface area contributed by atoms with Crippen molar-refractivity contribution in [2.45, 2.75) is 12.5 Å². The van der Waals surface area contributed by atoms with Gasteiger partial charge in [0.2, 0.25) is 0 Å². The van der Waals surface area contributed by atoms with Crippen molar-refractivity contribution in [3.05, 3.63) is 42.7 Å². The predicted octanol–water partition coefficient (Wildman–Crippen LogP) is 2.29. The van der Waals surface area contributed by atoms with Gasteiger partial charge in [-0.2, -0.15) is 5.10 Å². The van der Waals surface area contributed by atoms with E-state index in [1.165, 1.54) is 18.5 Å². The highest BCUT2D eigenvalue weighted by Gasteiger charge is 2.30. The number of anilines is 2. The minimum Gasteiger partial charge on any atom is -0.354 e. The molecule has 0 radical (unpaired) electrons. The summed E-state index contributed by atoms with van der Waals surface area (Å²) in [5.41, 5.74) is 1.43. The maximum atomic E-state index is 13.5. The number of amides is 2. The number of aromatic nitrogens is 4. The van der Waals surface area contributed by atoms with Gasteiger partial charge in [0.25, 0.3) is 0 Å². The Morgan fingerprint density at radius 2 is 2.07 bits per heavy atom. The maximum Gasteiger partial charge on any atom is 0.324 e. The lowest BCUT2D eigenvalue weighted by atomic mass is 10.2. The highest BCUT2D eigenvalue weighted by Crippen LogP contribution is 2.31. The lowest BCUT2D eigenvalue weighted by Crippen LogP contribution is -2.28. The van der Waals surface area contributed by atoms with Crippen LogP contribution < -0.4 is 9.80 Å². The van der Waals surface area contributed by atoms with Gasteiger partial charge < -0.3 is 9.80 Å². The van der Waals surface area contributed by atoms with E-state index in [1.54, 1.807) is 29.1 Å². The fourth-order valence-electron chi connectivity index (χ4n) is 3.97. The summed E-state index contributed by atoms with van der Waals surface area (Å²) in [6.07, 6.45) is 6.09. The number of rotatable bonds is 3. The Labute approximate surface area is 161 Å². The Morgan fingerprint density at radius 1 is 1.18 bits per heavy atom. The average Bonchev–Trinajstić information content (AvgIpc) is 3.42. The highest BCUT2D eigenvalue weighted by molar-refractivity contribution is 5.93. The van der Waals surface area contributed by atoms with E-state index in [0.29, 0.717) is 12.1 Å². The molecule has 28 heavy (non-hydrogen) atoms. The highest BCUT2D eigenvalue weighted by atomic mass is 19.1. The van der Waals surface area contributed by atoms with Crippen LogP contribution in [0.15, 0.2) is 36.9 Å². The molecule has 0 spiro atoms. The number of urea groups is 1.